The Labute approximate surface area is 315 Å². The van der Waals surface area contributed by atoms with Gasteiger partial charge in [-0.05, 0) is 89.9 Å². The minimum absolute atomic E-state index is 0.684. The average Bonchev–Trinajstić information content (AvgIpc) is 3.63. The molecule has 0 unspecified atom stereocenters. The molecule has 0 aliphatic carbocycles. The predicted molar refractivity (Wildman–Crippen MR) is 231 cm³/mol. The highest BCUT2D eigenvalue weighted by Crippen LogP contribution is 2.43. The summed E-state index contributed by atoms with van der Waals surface area (Å²) in [6.07, 6.45) is 0. The number of benzene rings is 10. The van der Waals surface area contributed by atoms with E-state index in [1.54, 1.807) is 0 Å². The molecular weight excluding hydrogens is 669 g/mol. The van der Waals surface area contributed by atoms with Gasteiger partial charge in [0.1, 0.15) is 11.2 Å². The first-order valence-corrected chi connectivity index (χ1v) is 18.7. The molecule has 12 rings (SSSR count). The molecule has 0 fully saturated rings. The van der Waals surface area contributed by atoms with Gasteiger partial charge in [0.25, 0.3) is 0 Å². The van der Waals surface area contributed by atoms with Crippen molar-refractivity contribution in [2.75, 3.05) is 0 Å². The quantitative estimate of drug-likeness (QED) is 0.172. The first-order valence-electron chi connectivity index (χ1n) is 18.7. The van der Waals surface area contributed by atoms with Crippen LogP contribution in [0.15, 0.2) is 186 Å². The number of hydrogen-bond acceptors (Lipinski definition) is 3. The van der Waals surface area contributed by atoms with Gasteiger partial charge in [-0.25, -0.2) is 9.97 Å². The lowest BCUT2D eigenvalue weighted by molar-refractivity contribution is 0.669. The molecule has 0 amide bonds. The summed E-state index contributed by atoms with van der Waals surface area (Å²) in [5, 5.41) is 15.2. The molecule has 55 heavy (non-hydrogen) atoms. The third kappa shape index (κ3) is 4.50. The first kappa shape index (κ1) is 30.1. The van der Waals surface area contributed by atoms with Crippen LogP contribution in [0.25, 0.3) is 120 Å². The van der Waals surface area contributed by atoms with Crippen LogP contribution < -0.4 is 0 Å². The number of aromatic nitrogens is 2. The molecule has 3 heteroatoms. The largest absolute Gasteiger partial charge is 0.456 e. The molecule has 0 radical (unpaired) electrons. The predicted octanol–water partition coefficient (Wildman–Crippen LogP) is 14.3. The van der Waals surface area contributed by atoms with Gasteiger partial charge in [-0.3, -0.25) is 0 Å². The summed E-state index contributed by atoms with van der Waals surface area (Å²) in [4.78, 5) is 10.9. The lowest BCUT2D eigenvalue weighted by Gasteiger charge is -2.15. The van der Waals surface area contributed by atoms with Gasteiger partial charge >= 0.3 is 0 Å². The van der Waals surface area contributed by atoms with Crippen molar-refractivity contribution < 1.29 is 4.42 Å². The Morgan fingerprint density at radius 1 is 0.291 bits per heavy atom. The monoisotopic (exact) mass is 698 g/mol. The van der Waals surface area contributed by atoms with Crippen LogP contribution in [-0.2, 0) is 0 Å². The van der Waals surface area contributed by atoms with Crippen LogP contribution in [-0.4, -0.2) is 9.97 Å². The maximum atomic E-state index is 6.59. The molecule has 0 N–H and O–H groups in total. The Morgan fingerprint density at radius 2 is 0.764 bits per heavy atom. The van der Waals surface area contributed by atoms with Crippen LogP contribution in [0.1, 0.15) is 0 Å². The van der Waals surface area contributed by atoms with Gasteiger partial charge < -0.3 is 4.42 Å². The fourth-order valence-electron chi connectivity index (χ4n) is 8.87. The maximum absolute atomic E-state index is 6.59. The van der Waals surface area contributed by atoms with E-state index in [4.69, 9.17) is 14.4 Å². The zero-order valence-electron chi connectivity index (χ0n) is 29.6. The first-order chi connectivity index (χ1) is 27.3. The van der Waals surface area contributed by atoms with E-state index in [1.165, 1.54) is 54.2 Å². The fourth-order valence-corrected chi connectivity index (χ4v) is 8.87. The molecule has 0 aliphatic rings. The zero-order valence-corrected chi connectivity index (χ0v) is 29.6. The lowest BCUT2D eigenvalue weighted by Crippen LogP contribution is -1.97. The van der Waals surface area contributed by atoms with E-state index in [0.717, 1.165) is 60.4 Å². The Kier molecular flexibility index (Phi) is 6.34. The molecule has 2 aromatic heterocycles. The van der Waals surface area contributed by atoms with Crippen molar-refractivity contribution in [3.63, 3.8) is 0 Å². The summed E-state index contributed by atoms with van der Waals surface area (Å²) >= 11 is 0. The van der Waals surface area contributed by atoms with Crippen molar-refractivity contribution in [2.45, 2.75) is 0 Å². The van der Waals surface area contributed by atoms with Crippen molar-refractivity contribution in [3.8, 4) is 33.8 Å². The van der Waals surface area contributed by atoms with Crippen molar-refractivity contribution in [2.24, 2.45) is 0 Å². The number of rotatable bonds is 3. The minimum Gasteiger partial charge on any atom is -0.456 e. The molecule has 3 nitrogen and oxygen atoms in total. The summed E-state index contributed by atoms with van der Waals surface area (Å²) in [6.45, 7) is 0. The second kappa shape index (κ2) is 11.6. The molecule has 0 bridgehead atoms. The zero-order chi connectivity index (χ0) is 36.0. The molecule has 0 saturated carbocycles. The number of nitrogens with zero attached hydrogens (tertiary/aromatic N) is 2. The average molecular weight is 699 g/mol. The van der Waals surface area contributed by atoms with E-state index in [-0.39, 0.29) is 0 Å². The van der Waals surface area contributed by atoms with Crippen LogP contribution in [0.2, 0.25) is 0 Å². The van der Waals surface area contributed by atoms with E-state index in [2.05, 4.69) is 182 Å². The van der Waals surface area contributed by atoms with Crippen molar-refractivity contribution >= 4 is 86.7 Å². The summed E-state index contributed by atoms with van der Waals surface area (Å²) in [5.41, 5.74) is 7.94. The lowest BCUT2D eigenvalue weighted by atomic mass is 9.93. The van der Waals surface area contributed by atoms with Gasteiger partial charge in [0, 0.05) is 32.7 Å². The SMILES string of the molecule is c1ccc(-c2ccc(-c3nc(-c4ccc5oc6cc7c8ccccc8c8ccccc8c7cc6c5c4)nc4c5ccccc5c5ccccc5c34)cc2)cc1. The third-order valence-electron chi connectivity index (χ3n) is 11.4. The fraction of sp³-hybridized carbons (Fsp3) is 0. The van der Waals surface area contributed by atoms with Gasteiger partial charge in [0.15, 0.2) is 5.82 Å². The molecule has 0 saturated heterocycles. The summed E-state index contributed by atoms with van der Waals surface area (Å²) in [7, 11) is 0. The number of furan rings is 1. The van der Waals surface area contributed by atoms with Gasteiger partial charge in [-0.2, -0.15) is 0 Å². The molecule has 10 aromatic carbocycles. The van der Waals surface area contributed by atoms with Crippen LogP contribution in [0.5, 0.6) is 0 Å². The smallest absolute Gasteiger partial charge is 0.160 e. The molecule has 2 heterocycles. The molecule has 0 aliphatic heterocycles. The molecular formula is C52H30N2O. The minimum atomic E-state index is 0.684. The second-order valence-corrected chi connectivity index (χ2v) is 14.5. The van der Waals surface area contributed by atoms with Crippen molar-refractivity contribution in [1.82, 2.24) is 9.97 Å². The Hall–Kier alpha value is -7.36. The van der Waals surface area contributed by atoms with Crippen LogP contribution in [0.4, 0.5) is 0 Å². The highest BCUT2D eigenvalue weighted by molar-refractivity contribution is 6.29. The topological polar surface area (TPSA) is 38.9 Å². The number of fused-ring (bicyclic) bond motifs is 15. The number of hydrogen-bond donors (Lipinski definition) is 0. The summed E-state index contributed by atoms with van der Waals surface area (Å²) in [6, 6.07) is 64.8. The maximum Gasteiger partial charge on any atom is 0.160 e. The van der Waals surface area contributed by atoms with Gasteiger partial charge in [-0.15, -0.1) is 0 Å². The van der Waals surface area contributed by atoms with E-state index >= 15 is 0 Å². The van der Waals surface area contributed by atoms with Crippen LogP contribution in [0.3, 0.4) is 0 Å². The Morgan fingerprint density at radius 3 is 1.44 bits per heavy atom. The highest BCUT2D eigenvalue weighted by atomic mass is 16.3. The second-order valence-electron chi connectivity index (χ2n) is 14.5. The van der Waals surface area contributed by atoms with Crippen molar-refractivity contribution in [3.05, 3.63) is 182 Å². The van der Waals surface area contributed by atoms with Gasteiger partial charge in [0.2, 0.25) is 0 Å². The van der Waals surface area contributed by atoms with E-state index in [1.807, 2.05) is 0 Å². The third-order valence-corrected chi connectivity index (χ3v) is 11.4. The van der Waals surface area contributed by atoms with Gasteiger partial charge in [0.05, 0.1) is 11.2 Å². The molecule has 12 aromatic rings. The highest BCUT2D eigenvalue weighted by Gasteiger charge is 2.20. The van der Waals surface area contributed by atoms with Gasteiger partial charge in [-0.1, -0.05) is 152 Å². The summed E-state index contributed by atoms with van der Waals surface area (Å²) in [5.74, 6) is 0.684. The standard InChI is InChI=1S/C52H30N2O/c1-2-12-31(13-3-1)32-22-24-33(25-23-32)50-49-41-20-10-8-16-37(41)38-17-9-11-21-42(38)51(49)54-52(53-50)34-26-27-47-45(28-34)46-29-43-39-18-6-4-14-35(39)36-15-5-7-19-40(36)44(43)30-48(46)55-47/h1-30H. The van der Waals surface area contributed by atoms with Crippen LogP contribution >= 0.6 is 0 Å². The summed E-state index contributed by atoms with van der Waals surface area (Å²) < 4.78 is 6.59. The van der Waals surface area contributed by atoms with E-state index in [0.29, 0.717) is 5.82 Å². The van der Waals surface area contributed by atoms with Crippen LogP contribution in [0, 0.1) is 0 Å². The Bertz CT molecular complexity index is 3530. The van der Waals surface area contributed by atoms with Crippen molar-refractivity contribution in [1.29, 1.82) is 0 Å². The normalized spacial score (nSPS) is 12.0. The molecule has 254 valence electrons. The molecule has 0 atom stereocenters. The van der Waals surface area contributed by atoms with E-state index < -0.39 is 0 Å². The van der Waals surface area contributed by atoms with E-state index in [9.17, 15) is 0 Å². The Balaban J connectivity index is 1.13. The molecule has 0 spiro atoms.